The summed E-state index contributed by atoms with van der Waals surface area (Å²) in [6.45, 7) is 3.07. The predicted octanol–water partition coefficient (Wildman–Crippen LogP) is 0.812. The number of aromatic nitrogens is 2. The molecule has 1 heterocycles. The second kappa shape index (κ2) is 5.29. The first-order valence-electron chi connectivity index (χ1n) is 4.99. The number of amides is 1. The summed E-state index contributed by atoms with van der Waals surface area (Å²) in [6.07, 6.45) is 2.24. The number of hydrogen-bond donors (Lipinski definition) is 1. The molecule has 0 atom stereocenters. The van der Waals surface area contributed by atoms with Crippen molar-refractivity contribution in [2.45, 2.75) is 19.8 Å². The van der Waals surface area contributed by atoms with Crippen molar-refractivity contribution in [3.8, 4) is 0 Å². The van der Waals surface area contributed by atoms with Gasteiger partial charge in [0.05, 0.1) is 0 Å². The van der Waals surface area contributed by atoms with Gasteiger partial charge in [0.2, 0.25) is 0 Å². The largest absolute Gasteiger partial charge is 0.364 e. The Kier molecular flexibility index (Phi) is 4.03. The molecule has 0 spiro atoms. The molecule has 0 bridgehead atoms. The number of hydrogen-bond acceptors (Lipinski definition) is 4. The first kappa shape index (κ1) is 11.4. The van der Waals surface area contributed by atoms with Crippen LogP contribution in [-0.2, 0) is 0 Å². The zero-order valence-electron chi connectivity index (χ0n) is 9.10. The van der Waals surface area contributed by atoms with Gasteiger partial charge >= 0.3 is 0 Å². The van der Waals surface area contributed by atoms with Crippen LogP contribution in [0.25, 0.3) is 0 Å². The summed E-state index contributed by atoms with van der Waals surface area (Å²) >= 11 is 0. The van der Waals surface area contributed by atoms with Crippen molar-refractivity contribution in [3.05, 3.63) is 17.8 Å². The Balaban J connectivity index is 2.66. The zero-order chi connectivity index (χ0) is 11.3. The van der Waals surface area contributed by atoms with Crippen molar-refractivity contribution in [3.63, 3.8) is 0 Å². The third-order valence-corrected chi connectivity index (χ3v) is 2.14. The van der Waals surface area contributed by atoms with E-state index in [9.17, 15) is 4.79 Å². The maximum absolute atomic E-state index is 10.8. The third kappa shape index (κ3) is 3.19. The molecule has 15 heavy (non-hydrogen) atoms. The SMILES string of the molecule is CCCCN(C)c1ccc(C(N)=O)nn1. The van der Waals surface area contributed by atoms with Crippen LogP contribution in [0.15, 0.2) is 12.1 Å². The highest BCUT2D eigenvalue weighted by atomic mass is 16.1. The van der Waals surface area contributed by atoms with Crippen molar-refractivity contribution in [2.24, 2.45) is 5.73 Å². The zero-order valence-corrected chi connectivity index (χ0v) is 9.10. The van der Waals surface area contributed by atoms with E-state index in [1.54, 1.807) is 12.1 Å². The molecule has 0 fully saturated rings. The Morgan fingerprint density at radius 3 is 2.67 bits per heavy atom. The number of carbonyl (C=O) groups excluding carboxylic acids is 1. The van der Waals surface area contributed by atoms with Gasteiger partial charge < -0.3 is 10.6 Å². The van der Waals surface area contributed by atoms with Crippen molar-refractivity contribution in [2.75, 3.05) is 18.5 Å². The van der Waals surface area contributed by atoms with Crippen LogP contribution in [0.1, 0.15) is 30.3 Å². The summed E-state index contributed by atoms with van der Waals surface area (Å²) in [5.74, 6) is 0.207. The lowest BCUT2D eigenvalue weighted by Gasteiger charge is -2.16. The fourth-order valence-electron chi connectivity index (χ4n) is 1.17. The minimum absolute atomic E-state index is 0.197. The molecule has 0 saturated heterocycles. The predicted molar refractivity (Wildman–Crippen MR) is 58.7 cm³/mol. The van der Waals surface area contributed by atoms with E-state index in [-0.39, 0.29) is 5.69 Å². The van der Waals surface area contributed by atoms with Gasteiger partial charge in [-0.2, -0.15) is 0 Å². The normalized spacial score (nSPS) is 10.0. The summed E-state index contributed by atoms with van der Waals surface area (Å²) in [5.41, 5.74) is 5.26. The maximum atomic E-state index is 10.8. The Morgan fingerprint density at radius 1 is 1.47 bits per heavy atom. The molecular formula is C10H16N4O. The molecule has 5 heteroatoms. The average Bonchev–Trinajstić information content (AvgIpc) is 2.26. The molecule has 0 radical (unpaired) electrons. The van der Waals surface area contributed by atoms with E-state index in [1.807, 2.05) is 11.9 Å². The maximum Gasteiger partial charge on any atom is 0.269 e. The quantitative estimate of drug-likeness (QED) is 0.777. The second-order valence-electron chi connectivity index (χ2n) is 3.42. The fraction of sp³-hybridized carbons (Fsp3) is 0.500. The van der Waals surface area contributed by atoms with E-state index in [1.165, 1.54) is 0 Å². The molecule has 1 rings (SSSR count). The van der Waals surface area contributed by atoms with Gasteiger partial charge in [-0.25, -0.2) is 0 Å². The number of nitrogens with zero attached hydrogens (tertiary/aromatic N) is 3. The summed E-state index contributed by atoms with van der Waals surface area (Å²) in [5, 5.41) is 7.67. The van der Waals surface area contributed by atoms with Gasteiger partial charge in [-0.05, 0) is 18.6 Å². The highest BCUT2D eigenvalue weighted by Crippen LogP contribution is 2.07. The molecule has 0 aliphatic carbocycles. The van der Waals surface area contributed by atoms with Gasteiger partial charge in [-0.1, -0.05) is 13.3 Å². The Bertz CT molecular complexity index is 323. The van der Waals surface area contributed by atoms with E-state index in [0.29, 0.717) is 0 Å². The summed E-state index contributed by atoms with van der Waals surface area (Å²) in [4.78, 5) is 12.8. The van der Waals surface area contributed by atoms with E-state index < -0.39 is 5.91 Å². The van der Waals surface area contributed by atoms with Gasteiger partial charge in [0.1, 0.15) is 0 Å². The molecule has 0 aliphatic rings. The van der Waals surface area contributed by atoms with Crippen LogP contribution in [0.2, 0.25) is 0 Å². The van der Waals surface area contributed by atoms with E-state index in [0.717, 1.165) is 25.2 Å². The van der Waals surface area contributed by atoms with Crippen molar-refractivity contribution < 1.29 is 4.79 Å². The lowest BCUT2D eigenvalue weighted by Crippen LogP contribution is -2.21. The number of anilines is 1. The van der Waals surface area contributed by atoms with Gasteiger partial charge in [0.25, 0.3) is 5.91 Å². The highest BCUT2D eigenvalue weighted by Gasteiger charge is 2.05. The smallest absolute Gasteiger partial charge is 0.269 e. The third-order valence-electron chi connectivity index (χ3n) is 2.14. The second-order valence-corrected chi connectivity index (χ2v) is 3.42. The van der Waals surface area contributed by atoms with Crippen LogP contribution < -0.4 is 10.6 Å². The lowest BCUT2D eigenvalue weighted by atomic mass is 10.3. The number of unbranched alkanes of at least 4 members (excludes halogenated alkanes) is 1. The molecule has 2 N–H and O–H groups in total. The molecule has 1 amide bonds. The number of rotatable bonds is 5. The molecule has 0 aliphatic heterocycles. The summed E-state index contributed by atoms with van der Waals surface area (Å²) in [7, 11) is 1.95. The highest BCUT2D eigenvalue weighted by molar-refractivity contribution is 5.90. The number of carbonyl (C=O) groups is 1. The van der Waals surface area contributed by atoms with Crippen LogP contribution >= 0.6 is 0 Å². The van der Waals surface area contributed by atoms with E-state index >= 15 is 0 Å². The first-order chi connectivity index (χ1) is 7.15. The van der Waals surface area contributed by atoms with Crippen LogP contribution in [0, 0.1) is 0 Å². The summed E-state index contributed by atoms with van der Waals surface area (Å²) < 4.78 is 0. The van der Waals surface area contributed by atoms with E-state index in [4.69, 9.17) is 5.73 Å². The Hall–Kier alpha value is -1.65. The average molecular weight is 208 g/mol. The summed E-state index contributed by atoms with van der Waals surface area (Å²) in [6, 6.07) is 3.34. The van der Waals surface area contributed by atoms with Crippen molar-refractivity contribution in [1.29, 1.82) is 0 Å². The standard InChI is InChI=1S/C10H16N4O/c1-3-4-7-14(2)9-6-5-8(10(11)15)12-13-9/h5-6H,3-4,7H2,1-2H3,(H2,11,15). The minimum atomic E-state index is -0.551. The number of nitrogens with two attached hydrogens (primary N) is 1. The first-order valence-corrected chi connectivity index (χ1v) is 4.99. The van der Waals surface area contributed by atoms with Crippen LogP contribution in [0.3, 0.4) is 0 Å². The molecular weight excluding hydrogens is 192 g/mol. The van der Waals surface area contributed by atoms with Crippen molar-refractivity contribution >= 4 is 11.7 Å². The minimum Gasteiger partial charge on any atom is -0.364 e. The van der Waals surface area contributed by atoms with Crippen LogP contribution in [-0.4, -0.2) is 29.7 Å². The molecule has 1 aromatic heterocycles. The Morgan fingerprint density at radius 2 is 2.20 bits per heavy atom. The molecule has 0 aromatic carbocycles. The van der Waals surface area contributed by atoms with Crippen molar-refractivity contribution in [1.82, 2.24) is 10.2 Å². The Labute approximate surface area is 89.3 Å². The van der Waals surface area contributed by atoms with Crippen LogP contribution in [0.4, 0.5) is 5.82 Å². The number of primary amides is 1. The van der Waals surface area contributed by atoms with Gasteiger partial charge in [-0.3, -0.25) is 4.79 Å². The molecule has 1 aromatic rings. The van der Waals surface area contributed by atoms with Gasteiger partial charge in [0, 0.05) is 13.6 Å². The monoisotopic (exact) mass is 208 g/mol. The topological polar surface area (TPSA) is 72.1 Å². The van der Waals surface area contributed by atoms with Gasteiger partial charge in [0.15, 0.2) is 11.5 Å². The van der Waals surface area contributed by atoms with Gasteiger partial charge in [-0.15, -0.1) is 10.2 Å². The molecule has 0 saturated carbocycles. The van der Waals surface area contributed by atoms with Crippen LogP contribution in [0.5, 0.6) is 0 Å². The lowest BCUT2D eigenvalue weighted by molar-refractivity contribution is 0.0994. The molecule has 82 valence electrons. The fourth-order valence-corrected chi connectivity index (χ4v) is 1.17. The molecule has 5 nitrogen and oxygen atoms in total. The van der Waals surface area contributed by atoms with E-state index in [2.05, 4.69) is 17.1 Å². The molecule has 0 unspecified atom stereocenters.